The number of thiophene rings is 1. The molecule has 1 N–H and O–H groups in total. The molecule has 2 rings (SSSR count). The molecule has 0 aliphatic carbocycles. The maximum absolute atomic E-state index is 3.87. The molecular weight excluding hydrogens is 204 g/mol. The summed E-state index contributed by atoms with van der Waals surface area (Å²) in [5.41, 5.74) is 0. The van der Waals surface area contributed by atoms with E-state index in [1.165, 1.54) is 4.88 Å². The van der Waals surface area contributed by atoms with E-state index in [2.05, 4.69) is 34.3 Å². The molecule has 1 aliphatic rings. The number of nitrogens with one attached hydrogen (secondary N) is 1. The van der Waals surface area contributed by atoms with Gasteiger partial charge in [0.25, 0.3) is 0 Å². The molecule has 0 spiro atoms. The minimum Gasteiger partial charge on any atom is -0.314 e. The van der Waals surface area contributed by atoms with Crippen LogP contribution in [0.4, 0.5) is 0 Å². The molecule has 1 aliphatic heterocycles. The summed E-state index contributed by atoms with van der Waals surface area (Å²) in [6, 6.07) is 4.92. The van der Waals surface area contributed by atoms with Crippen LogP contribution in [0, 0.1) is 0 Å². The van der Waals surface area contributed by atoms with E-state index < -0.39 is 0 Å². The first-order chi connectivity index (χ1) is 7.42. The van der Waals surface area contributed by atoms with Crippen LogP contribution in [0.5, 0.6) is 0 Å². The molecule has 82 valence electrons. The molecule has 0 amide bonds. The molecule has 0 radical (unpaired) electrons. The minimum atomic E-state index is 0.546. The first kappa shape index (κ1) is 10.9. The molecule has 3 heteroatoms. The van der Waals surface area contributed by atoms with Crippen LogP contribution in [0.3, 0.4) is 0 Å². The maximum atomic E-state index is 3.87. The van der Waals surface area contributed by atoms with Crippen molar-refractivity contribution in [3.63, 3.8) is 0 Å². The fourth-order valence-electron chi connectivity index (χ4n) is 2.08. The van der Waals surface area contributed by atoms with Gasteiger partial charge in [0.1, 0.15) is 0 Å². The highest BCUT2D eigenvalue weighted by molar-refractivity contribution is 7.10. The predicted molar refractivity (Wildman–Crippen MR) is 66.3 cm³/mol. The predicted octanol–water partition coefficient (Wildman–Crippen LogP) is 2.27. The molecule has 2 nitrogen and oxygen atoms in total. The molecule has 1 saturated heterocycles. The van der Waals surface area contributed by atoms with Crippen molar-refractivity contribution in [2.24, 2.45) is 0 Å². The van der Waals surface area contributed by atoms with E-state index in [1.807, 2.05) is 17.4 Å². The lowest BCUT2D eigenvalue weighted by molar-refractivity contribution is 0.177. The number of hydrogen-bond donors (Lipinski definition) is 1. The zero-order valence-electron chi connectivity index (χ0n) is 8.98. The van der Waals surface area contributed by atoms with Gasteiger partial charge in [0.05, 0.1) is 0 Å². The first-order valence-corrected chi connectivity index (χ1v) is 6.39. The summed E-state index contributed by atoms with van der Waals surface area (Å²) in [5, 5.41) is 5.55. The third kappa shape index (κ3) is 2.68. The van der Waals surface area contributed by atoms with Crippen molar-refractivity contribution in [3.05, 3.63) is 35.0 Å². The van der Waals surface area contributed by atoms with Crippen molar-refractivity contribution in [1.82, 2.24) is 10.2 Å². The summed E-state index contributed by atoms with van der Waals surface area (Å²) in [5.74, 6) is 0. The smallest absolute Gasteiger partial charge is 0.0476 e. The van der Waals surface area contributed by atoms with Gasteiger partial charge in [0.15, 0.2) is 0 Å². The fourth-order valence-corrected chi connectivity index (χ4v) is 2.95. The first-order valence-electron chi connectivity index (χ1n) is 5.51. The van der Waals surface area contributed by atoms with Gasteiger partial charge in [-0.1, -0.05) is 12.1 Å². The molecule has 1 aromatic heterocycles. The van der Waals surface area contributed by atoms with E-state index >= 15 is 0 Å². The molecule has 0 aromatic carbocycles. The molecule has 1 fully saturated rings. The van der Waals surface area contributed by atoms with Gasteiger partial charge in [-0.25, -0.2) is 0 Å². The quantitative estimate of drug-likeness (QED) is 0.786. The SMILES string of the molecule is C=CC[C@@H](c1cccs1)N1CCNCC1. The molecule has 0 unspecified atom stereocenters. The Balaban J connectivity index is 2.07. The van der Waals surface area contributed by atoms with Crippen LogP contribution in [0.25, 0.3) is 0 Å². The fraction of sp³-hybridized carbons (Fsp3) is 0.500. The van der Waals surface area contributed by atoms with Crippen LogP contribution in [0.1, 0.15) is 17.3 Å². The molecule has 1 aromatic rings. The van der Waals surface area contributed by atoms with Gasteiger partial charge in [-0.15, -0.1) is 17.9 Å². The van der Waals surface area contributed by atoms with E-state index in [9.17, 15) is 0 Å². The Hall–Kier alpha value is -0.640. The number of piperazine rings is 1. The number of rotatable bonds is 4. The molecule has 0 saturated carbocycles. The Bertz CT molecular complexity index is 289. The molecular formula is C12H18N2S. The second-order valence-electron chi connectivity index (χ2n) is 3.84. The lowest BCUT2D eigenvalue weighted by atomic mass is 10.1. The minimum absolute atomic E-state index is 0.546. The Morgan fingerprint density at radius 3 is 2.93 bits per heavy atom. The van der Waals surface area contributed by atoms with Crippen molar-refractivity contribution in [2.45, 2.75) is 12.5 Å². The van der Waals surface area contributed by atoms with Crippen LogP contribution in [0.2, 0.25) is 0 Å². The van der Waals surface area contributed by atoms with Gasteiger partial charge in [-0.05, 0) is 17.9 Å². The van der Waals surface area contributed by atoms with Gasteiger partial charge in [0, 0.05) is 37.1 Å². The Kier molecular flexibility index (Phi) is 3.94. The van der Waals surface area contributed by atoms with Gasteiger partial charge < -0.3 is 5.32 Å². The van der Waals surface area contributed by atoms with Gasteiger partial charge in [0.2, 0.25) is 0 Å². The van der Waals surface area contributed by atoms with Crippen molar-refractivity contribution in [2.75, 3.05) is 26.2 Å². The van der Waals surface area contributed by atoms with Crippen molar-refractivity contribution in [3.8, 4) is 0 Å². The second-order valence-corrected chi connectivity index (χ2v) is 4.82. The molecule has 2 heterocycles. The Morgan fingerprint density at radius 1 is 1.53 bits per heavy atom. The average molecular weight is 222 g/mol. The number of nitrogens with zero attached hydrogens (tertiary/aromatic N) is 1. The van der Waals surface area contributed by atoms with Gasteiger partial charge in [-0.2, -0.15) is 0 Å². The van der Waals surface area contributed by atoms with Crippen LogP contribution in [0.15, 0.2) is 30.2 Å². The van der Waals surface area contributed by atoms with Gasteiger partial charge in [-0.3, -0.25) is 4.90 Å². The molecule has 0 bridgehead atoms. The normalized spacial score (nSPS) is 20.0. The van der Waals surface area contributed by atoms with Gasteiger partial charge >= 0.3 is 0 Å². The Labute approximate surface area is 95.6 Å². The summed E-state index contributed by atoms with van der Waals surface area (Å²) >= 11 is 1.85. The van der Waals surface area contributed by atoms with Crippen molar-refractivity contribution in [1.29, 1.82) is 0 Å². The second kappa shape index (κ2) is 5.45. The summed E-state index contributed by atoms with van der Waals surface area (Å²) in [6.45, 7) is 8.39. The zero-order chi connectivity index (χ0) is 10.5. The summed E-state index contributed by atoms with van der Waals surface area (Å²) in [4.78, 5) is 4.03. The van der Waals surface area contributed by atoms with E-state index in [0.29, 0.717) is 6.04 Å². The average Bonchev–Trinajstić information content (AvgIpc) is 2.80. The largest absolute Gasteiger partial charge is 0.314 e. The lowest BCUT2D eigenvalue weighted by Gasteiger charge is -2.33. The van der Waals surface area contributed by atoms with Crippen LogP contribution in [-0.2, 0) is 0 Å². The lowest BCUT2D eigenvalue weighted by Crippen LogP contribution is -2.44. The topological polar surface area (TPSA) is 15.3 Å². The van der Waals surface area contributed by atoms with Crippen LogP contribution >= 0.6 is 11.3 Å². The standard InChI is InChI=1S/C12H18N2S/c1-2-4-11(12-5-3-10-15-12)14-8-6-13-7-9-14/h2-3,5,10-11,13H,1,4,6-9H2/t11-/m0/s1. The van der Waals surface area contributed by atoms with E-state index in [0.717, 1.165) is 32.6 Å². The van der Waals surface area contributed by atoms with E-state index in [-0.39, 0.29) is 0 Å². The monoisotopic (exact) mass is 222 g/mol. The van der Waals surface area contributed by atoms with E-state index in [1.54, 1.807) is 0 Å². The molecule has 15 heavy (non-hydrogen) atoms. The summed E-state index contributed by atoms with van der Waals surface area (Å²) in [7, 11) is 0. The van der Waals surface area contributed by atoms with Crippen LogP contribution < -0.4 is 5.32 Å². The van der Waals surface area contributed by atoms with Crippen LogP contribution in [-0.4, -0.2) is 31.1 Å². The highest BCUT2D eigenvalue weighted by Gasteiger charge is 2.21. The molecule has 1 atom stereocenters. The highest BCUT2D eigenvalue weighted by atomic mass is 32.1. The van der Waals surface area contributed by atoms with E-state index in [4.69, 9.17) is 0 Å². The Morgan fingerprint density at radius 2 is 2.33 bits per heavy atom. The summed E-state index contributed by atoms with van der Waals surface area (Å²) < 4.78 is 0. The van der Waals surface area contributed by atoms with Crippen molar-refractivity contribution < 1.29 is 0 Å². The third-order valence-corrected chi connectivity index (χ3v) is 3.83. The zero-order valence-corrected chi connectivity index (χ0v) is 9.80. The third-order valence-electron chi connectivity index (χ3n) is 2.85. The maximum Gasteiger partial charge on any atom is 0.0476 e. The highest BCUT2D eigenvalue weighted by Crippen LogP contribution is 2.28. The number of hydrogen-bond acceptors (Lipinski definition) is 3. The summed E-state index contributed by atoms with van der Waals surface area (Å²) in [6.07, 6.45) is 3.09. The van der Waals surface area contributed by atoms with Crippen molar-refractivity contribution >= 4 is 11.3 Å².